The van der Waals surface area contributed by atoms with Crippen molar-refractivity contribution in [3.63, 3.8) is 0 Å². The van der Waals surface area contributed by atoms with Crippen LogP contribution in [0.2, 0.25) is 0 Å². The Labute approximate surface area is 163 Å². The summed E-state index contributed by atoms with van der Waals surface area (Å²) in [5.74, 6) is 0.738. The number of rotatable bonds is 3. The van der Waals surface area contributed by atoms with Gasteiger partial charge in [-0.1, -0.05) is 18.2 Å². The minimum absolute atomic E-state index is 0.0403. The molecule has 0 radical (unpaired) electrons. The van der Waals surface area contributed by atoms with E-state index in [1.54, 1.807) is 37.3 Å². The Morgan fingerprint density at radius 1 is 1.11 bits per heavy atom. The van der Waals surface area contributed by atoms with E-state index in [0.29, 0.717) is 30.0 Å². The molecule has 28 heavy (non-hydrogen) atoms. The van der Waals surface area contributed by atoms with Crippen molar-refractivity contribution in [2.45, 2.75) is 18.9 Å². The molecule has 1 saturated heterocycles. The molecule has 0 bridgehead atoms. The Morgan fingerprint density at radius 3 is 2.54 bits per heavy atom. The summed E-state index contributed by atoms with van der Waals surface area (Å²) < 4.78 is 10.8. The normalized spacial score (nSPS) is 20.0. The van der Waals surface area contributed by atoms with Crippen molar-refractivity contribution in [2.75, 3.05) is 20.8 Å². The average molecular weight is 379 g/mol. The number of piperidine rings is 1. The van der Waals surface area contributed by atoms with E-state index < -0.39 is 0 Å². The van der Waals surface area contributed by atoms with Crippen LogP contribution in [0.4, 0.5) is 0 Å². The zero-order valence-corrected chi connectivity index (χ0v) is 15.8. The van der Waals surface area contributed by atoms with Crippen LogP contribution in [0.1, 0.15) is 29.2 Å². The summed E-state index contributed by atoms with van der Waals surface area (Å²) in [5.41, 5.74) is 2.56. The third kappa shape index (κ3) is 2.91. The van der Waals surface area contributed by atoms with Crippen LogP contribution in [0.3, 0.4) is 0 Å². The molecule has 0 saturated carbocycles. The van der Waals surface area contributed by atoms with Gasteiger partial charge in [0.15, 0.2) is 17.3 Å². The summed E-state index contributed by atoms with van der Waals surface area (Å²) in [7, 11) is 3.15. The Hall–Kier alpha value is -3.28. The second-order valence-corrected chi connectivity index (χ2v) is 6.91. The third-order valence-corrected chi connectivity index (χ3v) is 5.41. The van der Waals surface area contributed by atoms with Gasteiger partial charge in [-0.15, -0.1) is 0 Å². The summed E-state index contributed by atoms with van der Waals surface area (Å²) in [4.78, 5) is 27.6. The molecule has 0 aromatic heterocycles. The van der Waals surface area contributed by atoms with E-state index in [1.165, 1.54) is 12.1 Å². The molecule has 144 valence electrons. The highest BCUT2D eigenvalue weighted by Crippen LogP contribution is 2.42. The highest BCUT2D eigenvalue weighted by molar-refractivity contribution is 6.24. The second kappa shape index (κ2) is 7.03. The quantitative estimate of drug-likeness (QED) is 0.656. The molecule has 1 amide bonds. The van der Waals surface area contributed by atoms with E-state index in [-0.39, 0.29) is 35.5 Å². The van der Waals surface area contributed by atoms with Gasteiger partial charge in [-0.05, 0) is 41.8 Å². The number of carbonyl (C=O) groups excluding carboxylic acids is 2. The molecular formula is C22H21NO5. The number of nitrogens with zero attached hydrogens (tertiary/aromatic N) is 1. The predicted molar refractivity (Wildman–Crippen MR) is 103 cm³/mol. The Morgan fingerprint density at radius 2 is 1.82 bits per heavy atom. The fourth-order valence-electron chi connectivity index (χ4n) is 3.96. The van der Waals surface area contributed by atoms with Crippen LogP contribution in [0.5, 0.6) is 17.2 Å². The van der Waals surface area contributed by atoms with Crippen molar-refractivity contribution >= 4 is 17.8 Å². The van der Waals surface area contributed by atoms with Crippen LogP contribution in [-0.2, 0) is 16.0 Å². The van der Waals surface area contributed by atoms with Gasteiger partial charge in [-0.25, -0.2) is 0 Å². The van der Waals surface area contributed by atoms with Crippen LogP contribution in [0.15, 0.2) is 42.0 Å². The van der Waals surface area contributed by atoms with E-state index in [9.17, 15) is 14.7 Å². The lowest BCUT2D eigenvalue weighted by Gasteiger charge is -2.40. The van der Waals surface area contributed by atoms with Gasteiger partial charge < -0.3 is 19.5 Å². The van der Waals surface area contributed by atoms with Gasteiger partial charge in [0.1, 0.15) is 5.75 Å². The number of ketones is 1. The highest BCUT2D eigenvalue weighted by Gasteiger charge is 2.41. The molecule has 4 rings (SSSR count). The van der Waals surface area contributed by atoms with Gasteiger partial charge >= 0.3 is 0 Å². The van der Waals surface area contributed by atoms with Crippen molar-refractivity contribution in [1.29, 1.82) is 0 Å². The van der Waals surface area contributed by atoms with Gasteiger partial charge in [-0.2, -0.15) is 0 Å². The first-order chi connectivity index (χ1) is 13.5. The number of Topliss-reactive ketones (excluding diaryl/α,β-unsaturated/α-hetero) is 1. The van der Waals surface area contributed by atoms with E-state index >= 15 is 0 Å². The Kier molecular flexibility index (Phi) is 4.55. The van der Waals surface area contributed by atoms with Gasteiger partial charge in [0.2, 0.25) is 0 Å². The number of phenolic OH excluding ortho intramolecular Hbond substituents is 1. The monoisotopic (exact) mass is 379 g/mol. The molecule has 6 nitrogen and oxygen atoms in total. The number of methoxy groups -OCH3 is 2. The molecule has 1 atom stereocenters. The first-order valence-corrected chi connectivity index (χ1v) is 9.12. The van der Waals surface area contributed by atoms with Gasteiger partial charge in [-0.3, -0.25) is 9.59 Å². The third-order valence-electron chi connectivity index (χ3n) is 5.41. The fourth-order valence-corrected chi connectivity index (χ4v) is 3.96. The zero-order chi connectivity index (χ0) is 19.8. The minimum Gasteiger partial charge on any atom is -0.507 e. The molecule has 6 heteroatoms. The minimum atomic E-state index is -0.315. The lowest BCUT2D eigenvalue weighted by molar-refractivity contribution is -0.136. The molecule has 0 unspecified atom stereocenters. The van der Waals surface area contributed by atoms with Crippen molar-refractivity contribution in [3.8, 4) is 17.2 Å². The fraction of sp³-hybridized carbons (Fsp3) is 0.273. The number of hydrogen-bond donors (Lipinski definition) is 1. The van der Waals surface area contributed by atoms with Crippen molar-refractivity contribution in [1.82, 2.24) is 4.90 Å². The lowest BCUT2D eigenvalue weighted by Crippen LogP contribution is -2.46. The maximum Gasteiger partial charge on any atom is 0.258 e. The van der Waals surface area contributed by atoms with Crippen LogP contribution in [-0.4, -0.2) is 42.5 Å². The number of hydrogen-bond acceptors (Lipinski definition) is 5. The number of para-hydroxylation sites is 1. The number of benzene rings is 2. The van der Waals surface area contributed by atoms with E-state index in [0.717, 1.165) is 11.1 Å². The number of phenols is 1. The summed E-state index contributed by atoms with van der Waals surface area (Å²) in [6.07, 6.45) is 2.37. The van der Waals surface area contributed by atoms with Crippen LogP contribution < -0.4 is 9.47 Å². The second-order valence-electron chi connectivity index (χ2n) is 6.91. The SMILES string of the molecule is COc1cc2c(cc1OC)[C@H]1CC(=O)/C(=C/c3ccccc3O)C(=O)N1CC2. The molecule has 1 N–H and O–H groups in total. The molecule has 0 spiro atoms. The first-order valence-electron chi connectivity index (χ1n) is 9.12. The van der Waals surface area contributed by atoms with Gasteiger partial charge in [0.25, 0.3) is 5.91 Å². The van der Waals surface area contributed by atoms with Crippen molar-refractivity contribution in [3.05, 3.63) is 58.7 Å². The predicted octanol–water partition coefficient (Wildman–Crippen LogP) is 2.89. The number of ether oxygens (including phenoxy) is 2. The summed E-state index contributed by atoms with van der Waals surface area (Å²) in [6.45, 7) is 0.525. The van der Waals surface area contributed by atoms with Crippen LogP contribution in [0.25, 0.3) is 6.08 Å². The maximum atomic E-state index is 13.1. The number of amides is 1. The molecule has 0 aliphatic carbocycles. The van der Waals surface area contributed by atoms with Crippen molar-refractivity contribution < 1.29 is 24.2 Å². The smallest absolute Gasteiger partial charge is 0.258 e. The molecule has 2 aliphatic rings. The van der Waals surface area contributed by atoms with Crippen molar-refractivity contribution in [2.24, 2.45) is 0 Å². The van der Waals surface area contributed by atoms with Crippen LogP contribution >= 0.6 is 0 Å². The van der Waals surface area contributed by atoms with Gasteiger partial charge in [0.05, 0.1) is 25.8 Å². The molecule has 2 heterocycles. The highest BCUT2D eigenvalue weighted by atomic mass is 16.5. The number of fused-ring (bicyclic) bond motifs is 3. The average Bonchev–Trinajstić information content (AvgIpc) is 2.71. The van der Waals surface area contributed by atoms with E-state index in [1.807, 2.05) is 12.1 Å². The van der Waals surface area contributed by atoms with Crippen LogP contribution in [0, 0.1) is 0 Å². The van der Waals surface area contributed by atoms with Gasteiger partial charge in [0, 0.05) is 18.5 Å². The Bertz CT molecular complexity index is 994. The molecule has 2 aliphatic heterocycles. The molecular weight excluding hydrogens is 358 g/mol. The summed E-state index contributed by atoms with van der Waals surface area (Å²) in [6, 6.07) is 10.1. The standard InChI is InChI=1S/C22H21NO5/c1-27-20-10-13-7-8-23-17(15(13)11-21(20)28-2)12-19(25)16(22(23)26)9-14-5-3-4-6-18(14)24/h3-6,9-11,17,24H,7-8,12H2,1-2H3/b16-9-/t17-/m1/s1. The first kappa shape index (κ1) is 18.1. The maximum absolute atomic E-state index is 13.1. The molecule has 2 aromatic rings. The number of aromatic hydroxyl groups is 1. The largest absolute Gasteiger partial charge is 0.507 e. The zero-order valence-electron chi connectivity index (χ0n) is 15.8. The molecule has 1 fully saturated rings. The number of carbonyl (C=O) groups is 2. The Balaban J connectivity index is 1.72. The van der Waals surface area contributed by atoms with E-state index in [4.69, 9.17) is 9.47 Å². The lowest BCUT2D eigenvalue weighted by atomic mass is 9.83. The molecule has 2 aromatic carbocycles. The topological polar surface area (TPSA) is 76.1 Å². The van der Waals surface area contributed by atoms with E-state index in [2.05, 4.69) is 0 Å². The summed E-state index contributed by atoms with van der Waals surface area (Å²) in [5, 5.41) is 9.98. The summed E-state index contributed by atoms with van der Waals surface area (Å²) >= 11 is 0.